The van der Waals surface area contributed by atoms with E-state index < -0.39 is 0 Å². The summed E-state index contributed by atoms with van der Waals surface area (Å²) in [6.07, 6.45) is 1.18. The van der Waals surface area contributed by atoms with Crippen LogP contribution in [0.25, 0.3) is 0 Å². The van der Waals surface area contributed by atoms with E-state index in [0.29, 0.717) is 5.92 Å². The summed E-state index contributed by atoms with van der Waals surface area (Å²) in [5, 5.41) is 3.43. The number of benzene rings is 2. The minimum Gasteiger partial charge on any atom is -0.309 e. The zero-order valence-electron chi connectivity index (χ0n) is 13.3. The van der Waals surface area contributed by atoms with Crippen LogP contribution in [0.3, 0.4) is 0 Å². The van der Waals surface area contributed by atoms with Gasteiger partial charge in [0, 0.05) is 4.47 Å². The lowest BCUT2D eigenvalue weighted by Crippen LogP contribution is -2.18. The van der Waals surface area contributed by atoms with Crippen molar-refractivity contribution in [2.24, 2.45) is 0 Å². The molecular formula is C19H24BrN. The van der Waals surface area contributed by atoms with Gasteiger partial charge in [-0.05, 0) is 54.6 Å². The Morgan fingerprint density at radius 1 is 1.05 bits per heavy atom. The molecule has 21 heavy (non-hydrogen) atoms. The summed E-state index contributed by atoms with van der Waals surface area (Å²) in [6.45, 7) is 6.63. The Morgan fingerprint density at radius 3 is 2.19 bits per heavy atom. The van der Waals surface area contributed by atoms with Crippen molar-refractivity contribution in [3.63, 3.8) is 0 Å². The van der Waals surface area contributed by atoms with Crippen molar-refractivity contribution >= 4 is 15.9 Å². The summed E-state index contributed by atoms with van der Waals surface area (Å²) in [5.74, 6) is 0.623. The van der Waals surface area contributed by atoms with Crippen LogP contribution in [0, 0.1) is 6.92 Å². The monoisotopic (exact) mass is 345 g/mol. The molecular weight excluding hydrogens is 322 g/mol. The molecule has 2 rings (SSSR count). The van der Waals surface area contributed by atoms with E-state index in [9.17, 15) is 0 Å². The smallest absolute Gasteiger partial charge is 0.0585 e. The van der Waals surface area contributed by atoms with E-state index in [2.05, 4.69) is 84.5 Å². The Kier molecular flexibility index (Phi) is 5.60. The first-order chi connectivity index (χ1) is 10.1. The van der Waals surface area contributed by atoms with Crippen LogP contribution >= 0.6 is 15.9 Å². The Balaban J connectivity index is 2.33. The van der Waals surface area contributed by atoms with Crippen molar-refractivity contribution in [1.82, 2.24) is 5.32 Å². The molecule has 0 heterocycles. The molecule has 2 aromatic carbocycles. The maximum Gasteiger partial charge on any atom is 0.0585 e. The molecule has 0 aliphatic heterocycles. The van der Waals surface area contributed by atoms with Crippen LogP contribution in [0.5, 0.6) is 0 Å². The van der Waals surface area contributed by atoms with Crippen LogP contribution in [0.2, 0.25) is 0 Å². The average Bonchev–Trinajstić information content (AvgIpc) is 2.50. The Morgan fingerprint density at radius 2 is 1.67 bits per heavy atom. The van der Waals surface area contributed by atoms with E-state index in [-0.39, 0.29) is 6.04 Å². The first-order valence-corrected chi connectivity index (χ1v) is 8.39. The third-order valence-electron chi connectivity index (χ3n) is 4.21. The van der Waals surface area contributed by atoms with Gasteiger partial charge in [-0.1, -0.05) is 66.2 Å². The molecule has 2 unspecified atom stereocenters. The molecule has 1 N–H and O–H groups in total. The van der Waals surface area contributed by atoms with Crippen molar-refractivity contribution in [2.45, 2.75) is 39.2 Å². The zero-order valence-corrected chi connectivity index (χ0v) is 14.9. The highest BCUT2D eigenvalue weighted by atomic mass is 79.9. The Bertz CT molecular complexity index is 589. The largest absolute Gasteiger partial charge is 0.309 e. The fourth-order valence-corrected chi connectivity index (χ4v) is 3.34. The predicted molar refractivity (Wildman–Crippen MR) is 94.9 cm³/mol. The van der Waals surface area contributed by atoms with Gasteiger partial charge in [-0.3, -0.25) is 0 Å². The summed E-state index contributed by atoms with van der Waals surface area (Å²) in [6, 6.07) is 15.8. The van der Waals surface area contributed by atoms with E-state index in [1.807, 2.05) is 7.05 Å². The number of hydrogen-bond donors (Lipinski definition) is 1. The molecule has 0 saturated carbocycles. The maximum absolute atomic E-state index is 3.69. The molecule has 0 amide bonds. The van der Waals surface area contributed by atoms with Crippen molar-refractivity contribution < 1.29 is 0 Å². The quantitative estimate of drug-likeness (QED) is 0.745. The van der Waals surface area contributed by atoms with Gasteiger partial charge >= 0.3 is 0 Å². The van der Waals surface area contributed by atoms with Crippen LogP contribution in [-0.4, -0.2) is 7.05 Å². The highest BCUT2D eigenvalue weighted by Crippen LogP contribution is 2.30. The fraction of sp³-hybridized carbons (Fsp3) is 0.368. The van der Waals surface area contributed by atoms with E-state index in [1.54, 1.807) is 0 Å². The van der Waals surface area contributed by atoms with Crippen LogP contribution in [-0.2, 0) is 0 Å². The average molecular weight is 346 g/mol. The second kappa shape index (κ2) is 7.24. The Hall–Kier alpha value is -1.12. The van der Waals surface area contributed by atoms with E-state index in [1.165, 1.54) is 28.7 Å². The first-order valence-electron chi connectivity index (χ1n) is 7.60. The second-order valence-electron chi connectivity index (χ2n) is 5.72. The number of nitrogens with one attached hydrogen (secondary N) is 1. The maximum atomic E-state index is 3.69. The van der Waals surface area contributed by atoms with E-state index in [0.717, 1.165) is 4.47 Å². The minimum absolute atomic E-state index is 0.214. The molecule has 0 fully saturated rings. The molecule has 0 radical (unpaired) electrons. The zero-order chi connectivity index (χ0) is 15.4. The van der Waals surface area contributed by atoms with Crippen molar-refractivity contribution in [2.75, 3.05) is 7.05 Å². The summed E-state index contributed by atoms with van der Waals surface area (Å²) < 4.78 is 1.16. The lowest BCUT2D eigenvalue weighted by molar-refractivity contribution is 0.685. The summed E-state index contributed by atoms with van der Waals surface area (Å²) in [4.78, 5) is 0. The van der Waals surface area contributed by atoms with Gasteiger partial charge in [0.05, 0.1) is 6.04 Å². The lowest BCUT2D eigenvalue weighted by Gasteiger charge is -2.20. The van der Waals surface area contributed by atoms with E-state index >= 15 is 0 Å². The number of hydrogen-bond acceptors (Lipinski definition) is 1. The van der Waals surface area contributed by atoms with Gasteiger partial charge in [0.15, 0.2) is 0 Å². The molecule has 112 valence electrons. The normalized spacial score (nSPS) is 14.0. The van der Waals surface area contributed by atoms with Crippen molar-refractivity contribution in [3.8, 4) is 0 Å². The molecule has 2 heteroatoms. The third-order valence-corrected chi connectivity index (χ3v) is 4.89. The summed E-state index contributed by atoms with van der Waals surface area (Å²) in [7, 11) is 2.01. The Labute approximate surface area is 136 Å². The fourth-order valence-electron chi connectivity index (χ4n) is 2.62. The summed E-state index contributed by atoms with van der Waals surface area (Å²) in [5.41, 5.74) is 5.26. The number of rotatable bonds is 5. The van der Waals surface area contributed by atoms with Crippen molar-refractivity contribution in [1.29, 1.82) is 0 Å². The lowest BCUT2D eigenvalue weighted by atomic mass is 9.93. The number of aryl methyl sites for hydroxylation is 1. The molecule has 0 spiro atoms. The summed E-state index contributed by atoms with van der Waals surface area (Å²) >= 11 is 3.69. The van der Waals surface area contributed by atoms with Crippen molar-refractivity contribution in [3.05, 3.63) is 69.2 Å². The molecule has 0 aromatic heterocycles. The minimum atomic E-state index is 0.214. The van der Waals surface area contributed by atoms with Gasteiger partial charge < -0.3 is 5.32 Å². The SMILES string of the molecule is CCC(C)c1ccc(C(NC)c2ccc(C)cc2Br)cc1. The van der Waals surface area contributed by atoms with Crippen LogP contribution in [0.4, 0.5) is 0 Å². The predicted octanol–water partition coefficient (Wildman–Crippen LogP) is 5.58. The van der Waals surface area contributed by atoms with Crippen LogP contribution < -0.4 is 5.32 Å². The molecule has 0 saturated heterocycles. The highest BCUT2D eigenvalue weighted by Gasteiger charge is 2.15. The van der Waals surface area contributed by atoms with Gasteiger partial charge in [0.1, 0.15) is 0 Å². The van der Waals surface area contributed by atoms with Crippen LogP contribution in [0.1, 0.15) is 54.5 Å². The standard InChI is InChI=1S/C19H24BrN/c1-5-14(3)15-7-9-16(10-8-15)19(21-4)17-11-6-13(2)12-18(17)20/h6-12,14,19,21H,5H2,1-4H3. The van der Waals surface area contributed by atoms with Gasteiger partial charge in [-0.25, -0.2) is 0 Å². The van der Waals surface area contributed by atoms with E-state index in [4.69, 9.17) is 0 Å². The van der Waals surface area contributed by atoms with Gasteiger partial charge in [-0.15, -0.1) is 0 Å². The second-order valence-corrected chi connectivity index (χ2v) is 6.58. The molecule has 0 aliphatic rings. The third kappa shape index (κ3) is 3.75. The van der Waals surface area contributed by atoms with Gasteiger partial charge in [-0.2, -0.15) is 0 Å². The molecule has 0 aliphatic carbocycles. The molecule has 2 atom stereocenters. The molecule has 2 aromatic rings. The topological polar surface area (TPSA) is 12.0 Å². The van der Waals surface area contributed by atoms with Crippen LogP contribution in [0.15, 0.2) is 46.9 Å². The molecule has 1 nitrogen and oxygen atoms in total. The number of halogens is 1. The van der Waals surface area contributed by atoms with Gasteiger partial charge in [0.25, 0.3) is 0 Å². The first kappa shape index (κ1) is 16.3. The molecule has 0 bridgehead atoms. The highest BCUT2D eigenvalue weighted by molar-refractivity contribution is 9.10. The van der Waals surface area contributed by atoms with Gasteiger partial charge in [0.2, 0.25) is 0 Å².